The Kier molecular flexibility index (Phi) is 10.2. The van der Waals surface area contributed by atoms with Crippen LogP contribution in [0.1, 0.15) is 33.1 Å². The summed E-state index contributed by atoms with van der Waals surface area (Å²) in [4.78, 5) is 0. The van der Waals surface area contributed by atoms with Crippen molar-refractivity contribution in [1.29, 1.82) is 0 Å². The number of rotatable bonds is 11. The predicted molar refractivity (Wildman–Crippen MR) is 83.4 cm³/mol. The minimum atomic E-state index is 0.178. The van der Waals surface area contributed by atoms with E-state index in [2.05, 4.69) is 13.8 Å². The molecule has 1 aliphatic rings. The molecule has 3 unspecified atom stereocenters. The minimum Gasteiger partial charge on any atom is -0.382 e. The highest BCUT2D eigenvalue weighted by Gasteiger charge is 2.30. The van der Waals surface area contributed by atoms with Gasteiger partial charge >= 0.3 is 0 Å². The molecule has 5 nitrogen and oxygen atoms in total. The molecule has 0 bridgehead atoms. The van der Waals surface area contributed by atoms with E-state index in [0.29, 0.717) is 45.6 Å². The number of hydrogen-bond donors (Lipinski definition) is 1. The second kappa shape index (κ2) is 11.4. The third kappa shape index (κ3) is 8.12. The van der Waals surface area contributed by atoms with Crippen LogP contribution in [0, 0.1) is 11.8 Å². The van der Waals surface area contributed by atoms with Crippen molar-refractivity contribution >= 4 is 0 Å². The molecular formula is C16H33NO4. The summed E-state index contributed by atoms with van der Waals surface area (Å²) in [5, 5.41) is 0. The summed E-state index contributed by atoms with van der Waals surface area (Å²) in [5.41, 5.74) is 6.15. The Labute approximate surface area is 129 Å². The molecule has 1 aliphatic carbocycles. The molecule has 3 atom stereocenters. The van der Waals surface area contributed by atoms with E-state index in [-0.39, 0.29) is 12.1 Å². The molecular weight excluding hydrogens is 270 g/mol. The first-order valence-electron chi connectivity index (χ1n) is 8.16. The molecule has 0 aliphatic heterocycles. The molecule has 1 fully saturated rings. The summed E-state index contributed by atoms with van der Waals surface area (Å²) >= 11 is 0. The summed E-state index contributed by atoms with van der Waals surface area (Å²) in [6, 6.07) is 0.178. The Morgan fingerprint density at radius 2 is 1.57 bits per heavy atom. The third-order valence-corrected chi connectivity index (χ3v) is 4.19. The van der Waals surface area contributed by atoms with Crippen molar-refractivity contribution in [3.05, 3.63) is 0 Å². The molecule has 0 radical (unpaired) electrons. The fourth-order valence-corrected chi connectivity index (χ4v) is 2.70. The van der Waals surface area contributed by atoms with Crippen LogP contribution in [0.5, 0.6) is 0 Å². The summed E-state index contributed by atoms with van der Waals surface area (Å²) in [6.45, 7) is 8.21. The quantitative estimate of drug-likeness (QED) is 0.590. The Morgan fingerprint density at radius 1 is 0.952 bits per heavy atom. The van der Waals surface area contributed by atoms with Crippen LogP contribution in [0.2, 0.25) is 0 Å². The van der Waals surface area contributed by atoms with Crippen LogP contribution in [0.25, 0.3) is 0 Å². The zero-order valence-electron chi connectivity index (χ0n) is 13.9. The monoisotopic (exact) mass is 303 g/mol. The van der Waals surface area contributed by atoms with Gasteiger partial charge in [0, 0.05) is 13.2 Å². The highest BCUT2D eigenvalue weighted by molar-refractivity contribution is 4.84. The largest absolute Gasteiger partial charge is 0.382 e. The molecule has 1 rings (SSSR count). The van der Waals surface area contributed by atoms with Crippen molar-refractivity contribution in [1.82, 2.24) is 0 Å². The van der Waals surface area contributed by atoms with Crippen LogP contribution in [0.4, 0.5) is 0 Å². The minimum absolute atomic E-state index is 0.178. The van der Waals surface area contributed by atoms with Gasteiger partial charge in [-0.25, -0.2) is 0 Å². The van der Waals surface area contributed by atoms with Gasteiger partial charge in [-0.15, -0.1) is 0 Å². The molecule has 0 saturated heterocycles. The lowest BCUT2D eigenvalue weighted by Crippen LogP contribution is -2.43. The van der Waals surface area contributed by atoms with Gasteiger partial charge in [0.2, 0.25) is 0 Å². The van der Waals surface area contributed by atoms with Crippen LogP contribution in [0.15, 0.2) is 0 Å². The van der Waals surface area contributed by atoms with Crippen LogP contribution in [0.3, 0.4) is 0 Å². The first kappa shape index (κ1) is 18.8. The van der Waals surface area contributed by atoms with Gasteiger partial charge in [-0.1, -0.05) is 13.8 Å². The summed E-state index contributed by atoms with van der Waals surface area (Å²) in [7, 11) is 1.66. The summed E-state index contributed by atoms with van der Waals surface area (Å²) in [6.07, 6.45) is 3.57. The zero-order chi connectivity index (χ0) is 15.5. The second-order valence-electron chi connectivity index (χ2n) is 6.11. The van der Waals surface area contributed by atoms with Gasteiger partial charge in [0.25, 0.3) is 0 Å². The molecule has 0 spiro atoms. The fourth-order valence-electron chi connectivity index (χ4n) is 2.70. The molecule has 0 heterocycles. The maximum atomic E-state index is 6.15. The summed E-state index contributed by atoms with van der Waals surface area (Å²) < 4.78 is 21.6. The number of nitrogens with two attached hydrogens (primary N) is 1. The lowest BCUT2D eigenvalue weighted by Gasteiger charge is -2.35. The molecule has 2 N–H and O–H groups in total. The van der Waals surface area contributed by atoms with Crippen molar-refractivity contribution in [3.8, 4) is 0 Å². The Hall–Kier alpha value is -0.200. The Bertz CT molecular complexity index is 250. The maximum Gasteiger partial charge on any atom is 0.0729 e. The number of methoxy groups -OCH3 is 1. The lowest BCUT2D eigenvalue weighted by molar-refractivity contribution is -0.0422. The average molecular weight is 303 g/mol. The molecule has 0 amide bonds. The van der Waals surface area contributed by atoms with Gasteiger partial charge in [0.15, 0.2) is 0 Å². The second-order valence-corrected chi connectivity index (χ2v) is 6.11. The average Bonchev–Trinajstić information content (AvgIpc) is 2.47. The normalized spacial score (nSPS) is 26.4. The van der Waals surface area contributed by atoms with Crippen molar-refractivity contribution in [2.75, 3.05) is 46.8 Å². The molecule has 21 heavy (non-hydrogen) atoms. The first-order valence-corrected chi connectivity index (χ1v) is 8.16. The van der Waals surface area contributed by atoms with E-state index in [4.69, 9.17) is 24.7 Å². The van der Waals surface area contributed by atoms with E-state index in [0.717, 1.165) is 18.8 Å². The zero-order valence-corrected chi connectivity index (χ0v) is 13.9. The molecule has 0 aromatic heterocycles. The van der Waals surface area contributed by atoms with E-state index in [1.807, 2.05) is 0 Å². The molecule has 1 saturated carbocycles. The van der Waals surface area contributed by atoms with Crippen LogP contribution >= 0.6 is 0 Å². The highest BCUT2D eigenvalue weighted by Crippen LogP contribution is 2.30. The fraction of sp³-hybridized carbons (Fsp3) is 1.00. The summed E-state index contributed by atoms with van der Waals surface area (Å²) in [5.74, 6) is 1.45. The van der Waals surface area contributed by atoms with Gasteiger partial charge in [0.1, 0.15) is 0 Å². The van der Waals surface area contributed by atoms with Gasteiger partial charge in [-0.05, 0) is 31.1 Å². The molecule has 0 aromatic carbocycles. The van der Waals surface area contributed by atoms with Gasteiger partial charge in [-0.2, -0.15) is 0 Å². The predicted octanol–water partition coefficient (Wildman–Crippen LogP) is 1.83. The van der Waals surface area contributed by atoms with E-state index in [1.54, 1.807) is 7.11 Å². The number of ether oxygens (including phenoxy) is 4. The van der Waals surface area contributed by atoms with Gasteiger partial charge in [0.05, 0.1) is 45.7 Å². The van der Waals surface area contributed by atoms with E-state index in [9.17, 15) is 0 Å². The molecule has 5 heteroatoms. The van der Waals surface area contributed by atoms with Gasteiger partial charge < -0.3 is 24.7 Å². The highest BCUT2D eigenvalue weighted by atomic mass is 16.6. The standard InChI is InChI=1S/C16H33NO4/c1-13(2)14-4-5-15(17)16(12-14)21-11-10-20-9-8-19-7-6-18-3/h13-16H,4-12,17H2,1-3H3. The topological polar surface area (TPSA) is 62.9 Å². The van der Waals surface area contributed by atoms with E-state index >= 15 is 0 Å². The lowest BCUT2D eigenvalue weighted by atomic mass is 9.78. The first-order chi connectivity index (χ1) is 10.1. The smallest absolute Gasteiger partial charge is 0.0729 e. The van der Waals surface area contributed by atoms with Crippen LogP contribution in [-0.4, -0.2) is 58.9 Å². The SMILES string of the molecule is COCCOCCOCCOC1CC(C(C)C)CCC1N. The third-order valence-electron chi connectivity index (χ3n) is 4.19. The van der Waals surface area contributed by atoms with Crippen molar-refractivity contribution in [2.45, 2.75) is 45.3 Å². The maximum absolute atomic E-state index is 6.15. The molecule has 0 aromatic rings. The van der Waals surface area contributed by atoms with Crippen LogP contribution < -0.4 is 5.73 Å². The number of hydrogen-bond acceptors (Lipinski definition) is 5. The van der Waals surface area contributed by atoms with Crippen LogP contribution in [-0.2, 0) is 18.9 Å². The van der Waals surface area contributed by atoms with Crippen molar-refractivity contribution in [3.63, 3.8) is 0 Å². The Balaban J connectivity index is 2.01. The van der Waals surface area contributed by atoms with E-state index < -0.39 is 0 Å². The molecule has 126 valence electrons. The van der Waals surface area contributed by atoms with Crippen molar-refractivity contribution in [2.24, 2.45) is 17.6 Å². The van der Waals surface area contributed by atoms with Gasteiger partial charge in [-0.3, -0.25) is 0 Å². The van der Waals surface area contributed by atoms with Crippen molar-refractivity contribution < 1.29 is 18.9 Å². The Morgan fingerprint density at radius 3 is 2.19 bits per heavy atom. The van der Waals surface area contributed by atoms with E-state index in [1.165, 1.54) is 6.42 Å².